The van der Waals surface area contributed by atoms with Crippen LogP contribution in [0.25, 0.3) is 0 Å². The van der Waals surface area contributed by atoms with E-state index >= 15 is 0 Å². The second-order valence-corrected chi connectivity index (χ2v) is 4.32. The Hall–Kier alpha value is -1.32. The predicted octanol–water partition coefficient (Wildman–Crippen LogP) is 2.22. The third-order valence-corrected chi connectivity index (χ3v) is 2.45. The van der Waals surface area contributed by atoms with Crippen molar-refractivity contribution in [3.8, 4) is 0 Å². The number of anilines is 2. The maximum atomic E-state index is 4.50. The van der Waals surface area contributed by atoms with Crippen LogP contribution in [0.3, 0.4) is 0 Å². The first kappa shape index (κ1) is 10.2. The van der Waals surface area contributed by atoms with E-state index in [9.17, 15) is 0 Å². The number of hydrogen-bond donors (Lipinski definition) is 2. The smallest absolute Gasteiger partial charge is 0.135 e. The Morgan fingerprint density at radius 1 is 1.27 bits per heavy atom. The van der Waals surface area contributed by atoms with Gasteiger partial charge in [-0.2, -0.15) is 0 Å². The van der Waals surface area contributed by atoms with Gasteiger partial charge in [0.15, 0.2) is 0 Å². The van der Waals surface area contributed by atoms with Crippen LogP contribution in [0.2, 0.25) is 0 Å². The first-order chi connectivity index (χ1) is 7.19. The lowest BCUT2D eigenvalue weighted by Crippen LogP contribution is -2.08. The number of aromatic nitrogens is 2. The maximum Gasteiger partial charge on any atom is 0.135 e. The average Bonchev–Trinajstić information content (AvgIpc) is 3.01. The van der Waals surface area contributed by atoms with Crippen LogP contribution in [0.5, 0.6) is 0 Å². The molecule has 0 spiro atoms. The topological polar surface area (TPSA) is 49.8 Å². The molecule has 0 unspecified atom stereocenters. The fraction of sp³-hybridized carbons (Fsp3) is 0.636. The van der Waals surface area contributed by atoms with Crippen molar-refractivity contribution in [3.05, 3.63) is 11.9 Å². The largest absolute Gasteiger partial charge is 0.373 e. The lowest BCUT2D eigenvalue weighted by atomic mass is 10.2. The Bertz CT molecular complexity index is 344. The van der Waals surface area contributed by atoms with Crippen molar-refractivity contribution < 1.29 is 0 Å². The monoisotopic (exact) mass is 206 g/mol. The van der Waals surface area contributed by atoms with E-state index < -0.39 is 0 Å². The second-order valence-electron chi connectivity index (χ2n) is 4.32. The van der Waals surface area contributed by atoms with Crippen molar-refractivity contribution in [2.24, 2.45) is 0 Å². The molecule has 82 valence electrons. The number of rotatable bonds is 4. The van der Waals surface area contributed by atoms with Gasteiger partial charge in [-0.3, -0.25) is 0 Å². The van der Waals surface area contributed by atoms with Gasteiger partial charge in [-0.05, 0) is 12.8 Å². The summed E-state index contributed by atoms with van der Waals surface area (Å²) < 4.78 is 0. The first-order valence-corrected chi connectivity index (χ1v) is 5.52. The summed E-state index contributed by atoms with van der Waals surface area (Å²) in [4.78, 5) is 8.92. The lowest BCUT2D eigenvalue weighted by Gasteiger charge is -2.10. The molecule has 1 aliphatic carbocycles. The van der Waals surface area contributed by atoms with Crippen LogP contribution in [0.15, 0.2) is 6.07 Å². The van der Waals surface area contributed by atoms with Crippen molar-refractivity contribution in [3.63, 3.8) is 0 Å². The highest BCUT2D eigenvalue weighted by Crippen LogP contribution is 2.25. The van der Waals surface area contributed by atoms with E-state index in [0.29, 0.717) is 12.0 Å². The van der Waals surface area contributed by atoms with Crippen molar-refractivity contribution in [2.45, 2.75) is 38.6 Å². The van der Waals surface area contributed by atoms with Gasteiger partial charge in [0, 0.05) is 25.1 Å². The zero-order chi connectivity index (χ0) is 10.8. The highest BCUT2D eigenvalue weighted by atomic mass is 15.1. The third kappa shape index (κ3) is 2.58. The molecule has 0 bridgehead atoms. The summed E-state index contributed by atoms with van der Waals surface area (Å²) in [5.41, 5.74) is 0. The van der Waals surface area contributed by atoms with Crippen molar-refractivity contribution in [2.75, 3.05) is 17.7 Å². The van der Waals surface area contributed by atoms with Crippen LogP contribution >= 0.6 is 0 Å². The molecule has 1 saturated carbocycles. The first-order valence-electron chi connectivity index (χ1n) is 5.52. The minimum atomic E-state index is 0.359. The van der Waals surface area contributed by atoms with Crippen molar-refractivity contribution in [1.82, 2.24) is 9.97 Å². The van der Waals surface area contributed by atoms with Gasteiger partial charge in [0.25, 0.3) is 0 Å². The van der Waals surface area contributed by atoms with E-state index in [0.717, 1.165) is 17.5 Å². The summed E-state index contributed by atoms with van der Waals surface area (Å²) in [7, 11) is 1.88. The fourth-order valence-electron chi connectivity index (χ4n) is 1.36. The molecule has 0 amide bonds. The number of nitrogens with zero attached hydrogens (tertiary/aromatic N) is 2. The zero-order valence-electron chi connectivity index (χ0n) is 9.54. The molecular weight excluding hydrogens is 188 g/mol. The molecule has 15 heavy (non-hydrogen) atoms. The summed E-state index contributed by atoms with van der Waals surface area (Å²) >= 11 is 0. The van der Waals surface area contributed by atoms with Gasteiger partial charge < -0.3 is 10.6 Å². The second kappa shape index (κ2) is 4.04. The molecule has 4 nitrogen and oxygen atoms in total. The summed E-state index contributed by atoms with van der Waals surface area (Å²) in [6.07, 6.45) is 2.52. The van der Waals surface area contributed by atoms with E-state index in [1.807, 2.05) is 13.1 Å². The van der Waals surface area contributed by atoms with Crippen molar-refractivity contribution in [1.29, 1.82) is 0 Å². The Morgan fingerprint density at radius 3 is 2.47 bits per heavy atom. The van der Waals surface area contributed by atoms with Crippen LogP contribution in [0.1, 0.15) is 38.4 Å². The third-order valence-electron chi connectivity index (χ3n) is 2.45. The molecule has 0 saturated heterocycles. The molecule has 0 aromatic carbocycles. The van der Waals surface area contributed by atoms with Crippen LogP contribution in [0.4, 0.5) is 11.6 Å². The minimum absolute atomic E-state index is 0.359. The molecule has 0 radical (unpaired) electrons. The van der Waals surface area contributed by atoms with Crippen LogP contribution in [-0.4, -0.2) is 23.1 Å². The van der Waals surface area contributed by atoms with Gasteiger partial charge in [-0.25, -0.2) is 9.97 Å². The molecule has 1 aromatic rings. The predicted molar refractivity (Wildman–Crippen MR) is 62.3 cm³/mol. The summed E-state index contributed by atoms with van der Waals surface area (Å²) in [6.45, 7) is 4.21. The Labute approximate surface area is 90.5 Å². The molecule has 1 aromatic heterocycles. The van der Waals surface area contributed by atoms with E-state index in [1.54, 1.807) is 0 Å². The van der Waals surface area contributed by atoms with Gasteiger partial charge in [0.05, 0.1) is 0 Å². The standard InChI is InChI=1S/C11H18N4/c1-7(2)11-14-9(12-3)6-10(15-11)13-8-4-5-8/h6-8H,4-5H2,1-3H3,(H2,12,13,14,15). The normalized spacial score (nSPS) is 15.5. The molecule has 1 fully saturated rings. The molecule has 1 heterocycles. The summed E-state index contributed by atoms with van der Waals surface area (Å²) in [5.74, 6) is 3.08. The Balaban J connectivity index is 2.23. The van der Waals surface area contributed by atoms with E-state index in [4.69, 9.17) is 0 Å². The van der Waals surface area contributed by atoms with E-state index in [2.05, 4.69) is 34.4 Å². The van der Waals surface area contributed by atoms with E-state index in [1.165, 1.54) is 12.8 Å². The van der Waals surface area contributed by atoms with Crippen LogP contribution in [0, 0.1) is 0 Å². The highest BCUT2D eigenvalue weighted by Gasteiger charge is 2.21. The van der Waals surface area contributed by atoms with Gasteiger partial charge in [-0.1, -0.05) is 13.8 Å². The number of nitrogens with one attached hydrogen (secondary N) is 2. The van der Waals surface area contributed by atoms with Crippen LogP contribution < -0.4 is 10.6 Å². The fourth-order valence-corrected chi connectivity index (χ4v) is 1.36. The molecular formula is C11H18N4. The lowest BCUT2D eigenvalue weighted by molar-refractivity contribution is 0.776. The Morgan fingerprint density at radius 2 is 1.93 bits per heavy atom. The summed E-state index contributed by atoms with van der Waals surface area (Å²) in [6, 6.07) is 2.59. The molecule has 0 atom stereocenters. The zero-order valence-corrected chi connectivity index (χ0v) is 9.54. The number of hydrogen-bond acceptors (Lipinski definition) is 4. The Kier molecular flexibility index (Phi) is 2.75. The summed E-state index contributed by atoms with van der Waals surface area (Å²) in [5, 5.41) is 6.46. The molecule has 2 N–H and O–H groups in total. The maximum absolute atomic E-state index is 4.50. The van der Waals surface area contributed by atoms with E-state index in [-0.39, 0.29) is 0 Å². The van der Waals surface area contributed by atoms with Gasteiger partial charge >= 0.3 is 0 Å². The minimum Gasteiger partial charge on any atom is -0.373 e. The SMILES string of the molecule is CNc1cc(NC2CC2)nc(C(C)C)n1. The average molecular weight is 206 g/mol. The quantitative estimate of drug-likeness (QED) is 0.793. The highest BCUT2D eigenvalue weighted by molar-refractivity contribution is 5.48. The van der Waals surface area contributed by atoms with Crippen LogP contribution in [-0.2, 0) is 0 Å². The van der Waals surface area contributed by atoms with Gasteiger partial charge in [0.2, 0.25) is 0 Å². The molecule has 2 rings (SSSR count). The van der Waals surface area contributed by atoms with Gasteiger partial charge in [-0.15, -0.1) is 0 Å². The molecule has 0 aliphatic heterocycles. The molecule has 4 heteroatoms. The van der Waals surface area contributed by atoms with Crippen molar-refractivity contribution >= 4 is 11.6 Å². The van der Waals surface area contributed by atoms with Gasteiger partial charge in [0.1, 0.15) is 17.5 Å². The molecule has 1 aliphatic rings.